The molecule has 1 unspecified atom stereocenters. The largest absolute Gasteiger partial charge is 0.375 e. The average molecular weight is 226 g/mol. The summed E-state index contributed by atoms with van der Waals surface area (Å²) in [6.45, 7) is 2.01. The van der Waals surface area contributed by atoms with Gasteiger partial charge in [-0.15, -0.1) is 11.3 Å². The number of aromatic nitrogens is 1. The molecule has 0 radical (unpaired) electrons. The number of hydrogen-bond acceptors (Lipinski definition) is 4. The van der Waals surface area contributed by atoms with Crippen molar-refractivity contribution >= 4 is 11.3 Å². The summed E-state index contributed by atoms with van der Waals surface area (Å²) < 4.78 is 5.25. The maximum Gasteiger partial charge on any atom is 0.122 e. The zero-order chi connectivity index (χ0) is 10.9. The Morgan fingerprint density at radius 1 is 1.53 bits per heavy atom. The van der Waals surface area contributed by atoms with Crippen LogP contribution in [-0.2, 0) is 10.3 Å². The van der Waals surface area contributed by atoms with Gasteiger partial charge in [-0.1, -0.05) is 12.8 Å². The molecule has 1 aliphatic rings. The van der Waals surface area contributed by atoms with Crippen molar-refractivity contribution in [3.63, 3.8) is 0 Å². The van der Waals surface area contributed by atoms with Crippen LogP contribution in [0.2, 0.25) is 0 Å². The van der Waals surface area contributed by atoms with Crippen LogP contribution in [0.1, 0.15) is 49.4 Å². The predicted molar refractivity (Wildman–Crippen MR) is 61.9 cm³/mol. The third-order valence-corrected chi connectivity index (χ3v) is 4.23. The molecule has 0 bridgehead atoms. The second kappa shape index (κ2) is 4.20. The Bertz CT molecular complexity index is 331. The molecule has 1 heterocycles. The van der Waals surface area contributed by atoms with Crippen LogP contribution in [0.4, 0.5) is 0 Å². The van der Waals surface area contributed by atoms with E-state index >= 15 is 0 Å². The number of nitrogens with zero attached hydrogens (tertiary/aromatic N) is 1. The summed E-state index contributed by atoms with van der Waals surface area (Å²) >= 11 is 1.65. The first-order chi connectivity index (χ1) is 7.15. The standard InChI is InChI=1S/C11H18N2OS/c1-8(14-2)10-13-9(7-15-10)11(12)5-3-4-6-11/h7-8H,3-6,12H2,1-2H3. The topological polar surface area (TPSA) is 48.1 Å². The fourth-order valence-electron chi connectivity index (χ4n) is 2.07. The highest BCUT2D eigenvalue weighted by Crippen LogP contribution is 2.37. The first-order valence-electron chi connectivity index (χ1n) is 5.43. The van der Waals surface area contributed by atoms with Gasteiger partial charge in [0.1, 0.15) is 11.1 Å². The zero-order valence-electron chi connectivity index (χ0n) is 9.32. The lowest BCUT2D eigenvalue weighted by Crippen LogP contribution is -2.33. The Balaban J connectivity index is 2.19. The van der Waals surface area contributed by atoms with Gasteiger partial charge in [-0.25, -0.2) is 4.98 Å². The molecule has 1 aliphatic carbocycles. The molecule has 0 amide bonds. The van der Waals surface area contributed by atoms with Crippen molar-refractivity contribution in [1.29, 1.82) is 0 Å². The summed E-state index contributed by atoms with van der Waals surface area (Å²) in [6, 6.07) is 0. The molecule has 2 rings (SSSR count). The molecule has 84 valence electrons. The molecule has 1 aromatic rings. The van der Waals surface area contributed by atoms with Crippen molar-refractivity contribution in [2.75, 3.05) is 7.11 Å². The molecule has 0 aromatic carbocycles. The molecule has 0 saturated heterocycles. The van der Waals surface area contributed by atoms with Crippen LogP contribution in [0.3, 0.4) is 0 Å². The fourth-order valence-corrected chi connectivity index (χ4v) is 3.02. The number of hydrogen-bond donors (Lipinski definition) is 1. The van der Waals surface area contributed by atoms with Crippen LogP contribution in [0.25, 0.3) is 0 Å². The lowest BCUT2D eigenvalue weighted by Gasteiger charge is -2.20. The fraction of sp³-hybridized carbons (Fsp3) is 0.727. The molecular weight excluding hydrogens is 208 g/mol. The molecule has 1 saturated carbocycles. The smallest absolute Gasteiger partial charge is 0.122 e. The SMILES string of the molecule is COC(C)c1nc(C2(N)CCCC2)cs1. The van der Waals surface area contributed by atoms with E-state index in [1.165, 1.54) is 12.8 Å². The summed E-state index contributed by atoms with van der Waals surface area (Å²) in [5.41, 5.74) is 7.23. The molecule has 0 spiro atoms. The van der Waals surface area contributed by atoms with Gasteiger partial charge in [0.2, 0.25) is 0 Å². The van der Waals surface area contributed by atoms with Gasteiger partial charge in [0, 0.05) is 12.5 Å². The molecule has 3 nitrogen and oxygen atoms in total. The third-order valence-electron chi connectivity index (χ3n) is 3.23. The normalized spacial score (nSPS) is 21.8. The minimum absolute atomic E-state index is 0.0775. The van der Waals surface area contributed by atoms with Gasteiger partial charge >= 0.3 is 0 Å². The van der Waals surface area contributed by atoms with Crippen molar-refractivity contribution in [2.45, 2.75) is 44.2 Å². The quantitative estimate of drug-likeness (QED) is 0.861. The Kier molecular flexibility index (Phi) is 3.09. The van der Waals surface area contributed by atoms with Gasteiger partial charge in [-0.2, -0.15) is 0 Å². The van der Waals surface area contributed by atoms with E-state index in [-0.39, 0.29) is 11.6 Å². The van der Waals surface area contributed by atoms with E-state index in [2.05, 4.69) is 10.4 Å². The lowest BCUT2D eigenvalue weighted by atomic mass is 9.96. The highest BCUT2D eigenvalue weighted by Gasteiger charge is 2.33. The molecule has 1 atom stereocenters. The molecular formula is C11H18N2OS. The number of methoxy groups -OCH3 is 1. The molecule has 15 heavy (non-hydrogen) atoms. The van der Waals surface area contributed by atoms with Crippen LogP contribution in [0, 0.1) is 0 Å². The van der Waals surface area contributed by atoms with Gasteiger partial charge in [0.05, 0.1) is 11.2 Å². The van der Waals surface area contributed by atoms with E-state index in [1.54, 1.807) is 18.4 Å². The second-order valence-electron chi connectivity index (χ2n) is 4.31. The maximum absolute atomic E-state index is 6.34. The Morgan fingerprint density at radius 2 is 2.20 bits per heavy atom. The van der Waals surface area contributed by atoms with Gasteiger partial charge < -0.3 is 10.5 Å². The number of rotatable bonds is 3. The van der Waals surface area contributed by atoms with Crippen LogP contribution < -0.4 is 5.73 Å². The summed E-state index contributed by atoms with van der Waals surface area (Å²) in [4.78, 5) is 4.60. The number of ether oxygens (including phenoxy) is 1. The minimum Gasteiger partial charge on any atom is -0.375 e. The van der Waals surface area contributed by atoms with E-state index in [9.17, 15) is 0 Å². The number of nitrogens with two attached hydrogens (primary N) is 1. The molecule has 1 fully saturated rings. The van der Waals surface area contributed by atoms with Crippen LogP contribution >= 0.6 is 11.3 Å². The average Bonchev–Trinajstić information content (AvgIpc) is 2.85. The zero-order valence-corrected chi connectivity index (χ0v) is 10.1. The first-order valence-corrected chi connectivity index (χ1v) is 6.31. The van der Waals surface area contributed by atoms with Gasteiger partial charge in [-0.05, 0) is 19.8 Å². The van der Waals surface area contributed by atoms with E-state index in [1.807, 2.05) is 6.92 Å². The van der Waals surface area contributed by atoms with Crippen LogP contribution in [-0.4, -0.2) is 12.1 Å². The molecule has 4 heteroatoms. The van der Waals surface area contributed by atoms with E-state index in [0.29, 0.717) is 0 Å². The summed E-state index contributed by atoms with van der Waals surface area (Å²) in [5, 5.41) is 3.13. The molecule has 0 aliphatic heterocycles. The van der Waals surface area contributed by atoms with Crippen molar-refractivity contribution < 1.29 is 4.74 Å². The Morgan fingerprint density at radius 3 is 2.80 bits per heavy atom. The van der Waals surface area contributed by atoms with E-state index in [4.69, 9.17) is 10.5 Å². The van der Waals surface area contributed by atoms with Crippen molar-refractivity contribution in [2.24, 2.45) is 5.73 Å². The van der Waals surface area contributed by atoms with E-state index < -0.39 is 0 Å². The summed E-state index contributed by atoms with van der Waals surface area (Å²) in [7, 11) is 1.71. The van der Waals surface area contributed by atoms with Gasteiger partial charge in [-0.3, -0.25) is 0 Å². The highest BCUT2D eigenvalue weighted by molar-refractivity contribution is 7.09. The monoisotopic (exact) mass is 226 g/mol. The lowest BCUT2D eigenvalue weighted by molar-refractivity contribution is 0.119. The summed E-state index contributed by atoms with van der Waals surface area (Å²) in [5.74, 6) is 0. The van der Waals surface area contributed by atoms with E-state index in [0.717, 1.165) is 23.5 Å². The third kappa shape index (κ3) is 2.07. The van der Waals surface area contributed by atoms with Crippen molar-refractivity contribution in [3.05, 3.63) is 16.1 Å². The first kappa shape index (κ1) is 11.0. The second-order valence-corrected chi connectivity index (χ2v) is 5.20. The highest BCUT2D eigenvalue weighted by atomic mass is 32.1. The van der Waals surface area contributed by atoms with Crippen LogP contribution in [0.15, 0.2) is 5.38 Å². The summed E-state index contributed by atoms with van der Waals surface area (Å²) in [6.07, 6.45) is 4.66. The van der Waals surface area contributed by atoms with Crippen molar-refractivity contribution in [1.82, 2.24) is 4.98 Å². The molecule has 1 aromatic heterocycles. The van der Waals surface area contributed by atoms with Crippen LogP contribution in [0.5, 0.6) is 0 Å². The van der Waals surface area contributed by atoms with Crippen molar-refractivity contribution in [3.8, 4) is 0 Å². The number of thiazole rings is 1. The molecule has 2 N–H and O–H groups in total. The van der Waals surface area contributed by atoms with Gasteiger partial charge in [0.15, 0.2) is 0 Å². The Hall–Kier alpha value is -0.450. The predicted octanol–water partition coefficient (Wildman–Crippen LogP) is 2.58. The Labute approximate surface area is 94.7 Å². The van der Waals surface area contributed by atoms with Gasteiger partial charge in [0.25, 0.3) is 0 Å². The minimum atomic E-state index is -0.164. The maximum atomic E-state index is 6.34.